The minimum absolute atomic E-state index is 0.146. The maximum Gasteiger partial charge on any atom is 0.121 e. The Labute approximate surface area is 117 Å². The number of hydrazine groups is 1. The van der Waals surface area contributed by atoms with Crippen molar-refractivity contribution in [3.63, 3.8) is 0 Å². The second-order valence-electron chi connectivity index (χ2n) is 4.37. The van der Waals surface area contributed by atoms with Crippen molar-refractivity contribution in [3.05, 3.63) is 47.2 Å². The Morgan fingerprint density at radius 1 is 1.47 bits per heavy atom. The van der Waals surface area contributed by atoms with E-state index in [2.05, 4.69) is 10.5 Å². The van der Waals surface area contributed by atoms with Gasteiger partial charge in [0.05, 0.1) is 12.2 Å². The zero-order valence-electron chi connectivity index (χ0n) is 10.9. The van der Waals surface area contributed by atoms with Crippen molar-refractivity contribution in [2.24, 2.45) is 12.9 Å². The second kappa shape index (κ2) is 6.06. The van der Waals surface area contributed by atoms with Crippen molar-refractivity contribution in [1.82, 2.24) is 15.2 Å². The van der Waals surface area contributed by atoms with Gasteiger partial charge in [-0.05, 0) is 25.1 Å². The molecule has 2 rings (SSSR count). The van der Waals surface area contributed by atoms with Crippen molar-refractivity contribution >= 4 is 11.6 Å². The molecular formula is C13H17ClN4O. The summed E-state index contributed by atoms with van der Waals surface area (Å²) in [5.41, 5.74) is 3.73. The molecule has 0 amide bonds. The number of nitrogens with two attached hydrogens (primary N) is 1. The van der Waals surface area contributed by atoms with E-state index in [1.165, 1.54) is 0 Å². The van der Waals surface area contributed by atoms with Gasteiger partial charge in [-0.15, -0.1) is 0 Å². The number of nitrogens with one attached hydrogen (secondary N) is 1. The summed E-state index contributed by atoms with van der Waals surface area (Å²) in [5, 5.41) is 4.78. The number of benzene rings is 1. The molecule has 0 radical (unpaired) electrons. The van der Waals surface area contributed by atoms with Crippen LogP contribution in [0.1, 0.15) is 18.5 Å². The first-order chi connectivity index (χ1) is 9.10. The fraction of sp³-hybridized carbons (Fsp3) is 0.308. The van der Waals surface area contributed by atoms with E-state index in [4.69, 9.17) is 22.2 Å². The third-order valence-electron chi connectivity index (χ3n) is 2.85. The van der Waals surface area contributed by atoms with E-state index in [1.54, 1.807) is 23.0 Å². The van der Waals surface area contributed by atoms with Gasteiger partial charge < -0.3 is 4.74 Å². The van der Waals surface area contributed by atoms with Gasteiger partial charge in [0.25, 0.3) is 0 Å². The number of hydrogen-bond donors (Lipinski definition) is 2. The molecule has 2 unspecified atom stereocenters. The van der Waals surface area contributed by atoms with Crippen LogP contribution in [0, 0.1) is 0 Å². The molecule has 1 aromatic heterocycles. The zero-order chi connectivity index (χ0) is 13.8. The first kappa shape index (κ1) is 13.9. The lowest BCUT2D eigenvalue weighted by Crippen LogP contribution is -2.37. The van der Waals surface area contributed by atoms with E-state index in [0.29, 0.717) is 10.8 Å². The second-order valence-corrected chi connectivity index (χ2v) is 4.81. The largest absolute Gasteiger partial charge is 0.489 e. The van der Waals surface area contributed by atoms with Gasteiger partial charge in [-0.2, -0.15) is 5.10 Å². The van der Waals surface area contributed by atoms with Crippen LogP contribution in [0.2, 0.25) is 5.02 Å². The summed E-state index contributed by atoms with van der Waals surface area (Å²) in [6.45, 7) is 1.94. The van der Waals surface area contributed by atoms with Gasteiger partial charge in [0, 0.05) is 23.8 Å². The van der Waals surface area contributed by atoms with Crippen LogP contribution < -0.4 is 16.0 Å². The van der Waals surface area contributed by atoms with Crippen LogP contribution in [0.4, 0.5) is 0 Å². The van der Waals surface area contributed by atoms with Crippen molar-refractivity contribution < 1.29 is 4.74 Å². The first-order valence-corrected chi connectivity index (χ1v) is 6.35. The van der Waals surface area contributed by atoms with Crippen LogP contribution in [-0.4, -0.2) is 15.9 Å². The molecule has 0 bridgehead atoms. The standard InChI is InChI=1S/C13H17ClN4O/c1-9(19-12-5-3-4-11(14)6-12)13(17-15)10-7-16-18(2)8-10/h3-9,13,17H,15H2,1-2H3. The molecule has 0 fully saturated rings. The molecule has 6 heteroatoms. The fourth-order valence-electron chi connectivity index (χ4n) is 1.93. The van der Waals surface area contributed by atoms with Crippen molar-refractivity contribution in [2.75, 3.05) is 0 Å². The van der Waals surface area contributed by atoms with Gasteiger partial charge in [-0.1, -0.05) is 17.7 Å². The van der Waals surface area contributed by atoms with Crippen LogP contribution in [0.25, 0.3) is 0 Å². The van der Waals surface area contributed by atoms with E-state index in [9.17, 15) is 0 Å². The highest BCUT2D eigenvalue weighted by atomic mass is 35.5. The summed E-state index contributed by atoms with van der Waals surface area (Å²) in [5.74, 6) is 6.32. The van der Waals surface area contributed by atoms with E-state index < -0.39 is 0 Å². The summed E-state index contributed by atoms with van der Waals surface area (Å²) in [7, 11) is 1.86. The first-order valence-electron chi connectivity index (χ1n) is 5.97. The van der Waals surface area contributed by atoms with Gasteiger partial charge >= 0.3 is 0 Å². The molecule has 2 aromatic rings. The van der Waals surface area contributed by atoms with Gasteiger partial charge in [0.1, 0.15) is 11.9 Å². The summed E-state index contributed by atoms with van der Waals surface area (Å²) < 4.78 is 7.58. The molecule has 0 aliphatic heterocycles. The number of ether oxygens (including phenoxy) is 1. The third-order valence-corrected chi connectivity index (χ3v) is 3.09. The molecule has 19 heavy (non-hydrogen) atoms. The van der Waals surface area contributed by atoms with Crippen LogP contribution in [0.15, 0.2) is 36.7 Å². The average molecular weight is 281 g/mol. The van der Waals surface area contributed by atoms with Crippen LogP contribution in [0.5, 0.6) is 5.75 Å². The minimum Gasteiger partial charge on any atom is -0.489 e. The molecule has 3 N–H and O–H groups in total. The molecule has 0 saturated heterocycles. The molecule has 102 valence electrons. The van der Waals surface area contributed by atoms with E-state index in [0.717, 1.165) is 5.56 Å². The Morgan fingerprint density at radius 2 is 2.26 bits per heavy atom. The Balaban J connectivity index is 2.11. The normalized spacial score (nSPS) is 14.1. The minimum atomic E-state index is -0.160. The monoisotopic (exact) mass is 280 g/mol. The Bertz CT molecular complexity index is 543. The maximum atomic E-state index is 5.93. The average Bonchev–Trinajstić information content (AvgIpc) is 2.76. The lowest BCUT2D eigenvalue weighted by Gasteiger charge is -2.23. The maximum absolute atomic E-state index is 5.93. The van der Waals surface area contributed by atoms with E-state index >= 15 is 0 Å². The number of aryl methyl sites for hydroxylation is 1. The predicted molar refractivity (Wildman–Crippen MR) is 74.8 cm³/mol. The van der Waals surface area contributed by atoms with Gasteiger partial charge in [0.15, 0.2) is 0 Å². The van der Waals surface area contributed by atoms with Crippen LogP contribution in [-0.2, 0) is 7.05 Å². The molecule has 1 aromatic carbocycles. The highest BCUT2D eigenvalue weighted by molar-refractivity contribution is 6.30. The highest BCUT2D eigenvalue weighted by Gasteiger charge is 2.21. The van der Waals surface area contributed by atoms with Crippen molar-refractivity contribution in [2.45, 2.75) is 19.1 Å². The molecule has 2 atom stereocenters. The molecule has 5 nitrogen and oxygen atoms in total. The summed E-state index contributed by atoms with van der Waals surface area (Å²) in [6.07, 6.45) is 3.51. The molecule has 0 aliphatic rings. The quantitative estimate of drug-likeness (QED) is 0.650. The Morgan fingerprint density at radius 3 is 2.84 bits per heavy atom. The van der Waals surface area contributed by atoms with E-state index in [-0.39, 0.29) is 12.1 Å². The number of aromatic nitrogens is 2. The molecule has 0 aliphatic carbocycles. The van der Waals surface area contributed by atoms with Crippen LogP contribution >= 0.6 is 11.6 Å². The number of nitrogens with zero attached hydrogens (tertiary/aromatic N) is 2. The lowest BCUT2D eigenvalue weighted by atomic mass is 10.1. The molecule has 1 heterocycles. The third kappa shape index (κ3) is 3.47. The number of hydrogen-bond acceptors (Lipinski definition) is 4. The van der Waals surface area contributed by atoms with Crippen molar-refractivity contribution in [3.8, 4) is 5.75 Å². The van der Waals surface area contributed by atoms with Gasteiger partial charge in [-0.3, -0.25) is 10.5 Å². The Kier molecular flexibility index (Phi) is 4.42. The molecule has 0 spiro atoms. The SMILES string of the molecule is CC(Oc1cccc(Cl)c1)C(NN)c1cnn(C)c1. The van der Waals surface area contributed by atoms with Gasteiger partial charge in [-0.25, -0.2) is 5.43 Å². The lowest BCUT2D eigenvalue weighted by molar-refractivity contribution is 0.171. The summed E-state index contributed by atoms with van der Waals surface area (Å²) in [6, 6.07) is 7.14. The van der Waals surface area contributed by atoms with Crippen molar-refractivity contribution in [1.29, 1.82) is 0 Å². The summed E-state index contributed by atoms with van der Waals surface area (Å²) in [4.78, 5) is 0. The number of rotatable bonds is 5. The predicted octanol–water partition coefficient (Wildman–Crippen LogP) is 2.05. The summed E-state index contributed by atoms with van der Waals surface area (Å²) >= 11 is 5.93. The zero-order valence-corrected chi connectivity index (χ0v) is 11.6. The fourth-order valence-corrected chi connectivity index (χ4v) is 2.11. The molecule has 0 saturated carbocycles. The smallest absolute Gasteiger partial charge is 0.121 e. The highest BCUT2D eigenvalue weighted by Crippen LogP contribution is 2.23. The Hall–Kier alpha value is -1.56. The van der Waals surface area contributed by atoms with Gasteiger partial charge in [0.2, 0.25) is 0 Å². The van der Waals surface area contributed by atoms with E-state index in [1.807, 2.05) is 32.3 Å². The van der Waals surface area contributed by atoms with Crippen LogP contribution in [0.3, 0.4) is 0 Å². The topological polar surface area (TPSA) is 65.1 Å². The number of halogens is 1. The molecular weight excluding hydrogens is 264 g/mol.